The minimum Gasteiger partial charge on any atom is -0.493 e. The Morgan fingerprint density at radius 3 is 2.89 bits per heavy atom. The zero-order valence-corrected chi connectivity index (χ0v) is 11.7. The highest BCUT2D eigenvalue weighted by atomic mass is 79.9. The van der Waals surface area contributed by atoms with E-state index in [1.807, 2.05) is 25.1 Å². The zero-order valence-electron chi connectivity index (χ0n) is 10.1. The summed E-state index contributed by atoms with van der Waals surface area (Å²) < 4.78 is 12.3. The molecule has 1 atom stereocenters. The van der Waals surface area contributed by atoms with Gasteiger partial charge >= 0.3 is 0 Å². The summed E-state index contributed by atoms with van der Waals surface area (Å²) in [6, 6.07) is 7.65. The van der Waals surface area contributed by atoms with E-state index in [2.05, 4.69) is 22.0 Å². The second-order valence-electron chi connectivity index (χ2n) is 4.51. The Hall–Kier alpha value is -1.26. The van der Waals surface area contributed by atoms with Crippen molar-refractivity contribution in [2.24, 2.45) is 5.73 Å². The molecule has 0 bridgehead atoms. The van der Waals surface area contributed by atoms with Crippen LogP contribution in [0.5, 0.6) is 5.75 Å². The molecule has 0 saturated heterocycles. The van der Waals surface area contributed by atoms with Crippen molar-refractivity contribution in [1.82, 2.24) is 0 Å². The lowest BCUT2D eigenvalue weighted by atomic mass is 10.0. The Bertz CT molecular complexity index is 591. The third-order valence-corrected chi connectivity index (χ3v) is 3.64. The number of aryl methyl sites for hydroxylation is 1. The summed E-state index contributed by atoms with van der Waals surface area (Å²) in [6.07, 6.45) is 0.936. The Morgan fingerprint density at radius 2 is 2.17 bits per heavy atom. The Balaban J connectivity index is 2.06. The fourth-order valence-corrected chi connectivity index (χ4v) is 2.83. The molecule has 1 aliphatic rings. The number of rotatable bonds is 2. The molecule has 94 valence electrons. The van der Waals surface area contributed by atoms with Crippen LogP contribution in [0.15, 0.2) is 33.2 Å². The largest absolute Gasteiger partial charge is 0.493 e. The lowest BCUT2D eigenvalue weighted by molar-refractivity contribution is 0.350. The van der Waals surface area contributed by atoms with Gasteiger partial charge in [-0.05, 0) is 36.8 Å². The first kappa shape index (κ1) is 11.8. The fraction of sp³-hybridized carbons (Fsp3) is 0.286. The first-order valence-electron chi connectivity index (χ1n) is 5.92. The normalized spacial score (nSPS) is 15.3. The number of hydrogen-bond acceptors (Lipinski definition) is 3. The third-order valence-electron chi connectivity index (χ3n) is 3.18. The van der Waals surface area contributed by atoms with E-state index in [0.717, 1.165) is 40.3 Å². The summed E-state index contributed by atoms with van der Waals surface area (Å²) in [6.45, 7) is 2.64. The third kappa shape index (κ3) is 1.95. The van der Waals surface area contributed by atoms with E-state index in [-0.39, 0.29) is 6.04 Å². The van der Waals surface area contributed by atoms with Crippen LogP contribution in [0.1, 0.15) is 28.7 Å². The number of ether oxygens (including phenoxy) is 1. The first-order chi connectivity index (χ1) is 8.65. The molecule has 2 N–H and O–H groups in total. The number of nitrogens with two attached hydrogens (primary N) is 1. The molecule has 0 radical (unpaired) electrons. The monoisotopic (exact) mass is 307 g/mol. The second-order valence-corrected chi connectivity index (χ2v) is 5.42. The first-order valence-corrected chi connectivity index (χ1v) is 6.71. The van der Waals surface area contributed by atoms with E-state index in [0.29, 0.717) is 0 Å². The van der Waals surface area contributed by atoms with Gasteiger partial charge in [-0.1, -0.05) is 15.9 Å². The van der Waals surface area contributed by atoms with Crippen LogP contribution in [-0.4, -0.2) is 6.61 Å². The molecule has 1 aromatic carbocycles. The van der Waals surface area contributed by atoms with Gasteiger partial charge in [-0.15, -0.1) is 0 Å². The summed E-state index contributed by atoms with van der Waals surface area (Å²) in [7, 11) is 0. The predicted octanol–water partition coefficient (Wildman–Crippen LogP) is 3.33. The molecule has 0 amide bonds. The average molecular weight is 308 g/mol. The quantitative estimate of drug-likeness (QED) is 0.925. The number of benzene rings is 1. The van der Waals surface area contributed by atoms with E-state index in [1.165, 1.54) is 5.56 Å². The van der Waals surface area contributed by atoms with Crippen LogP contribution < -0.4 is 10.5 Å². The maximum atomic E-state index is 6.28. The van der Waals surface area contributed by atoms with Crippen LogP contribution in [0, 0.1) is 6.92 Å². The van der Waals surface area contributed by atoms with Gasteiger partial charge in [-0.2, -0.15) is 0 Å². The Morgan fingerprint density at radius 1 is 1.33 bits per heavy atom. The van der Waals surface area contributed by atoms with Gasteiger partial charge in [-0.25, -0.2) is 0 Å². The molecule has 3 nitrogen and oxygen atoms in total. The number of hydrogen-bond donors (Lipinski definition) is 1. The van der Waals surface area contributed by atoms with Crippen molar-refractivity contribution in [2.75, 3.05) is 6.61 Å². The molecule has 3 rings (SSSR count). The van der Waals surface area contributed by atoms with Crippen LogP contribution in [0.4, 0.5) is 0 Å². The fourth-order valence-electron chi connectivity index (χ4n) is 2.30. The SMILES string of the molecule is Cc1ccc(C(N)c2cc(Br)cc3c2OCC3)o1. The molecule has 4 heteroatoms. The van der Waals surface area contributed by atoms with Crippen LogP contribution in [0.25, 0.3) is 0 Å². The van der Waals surface area contributed by atoms with Crippen LogP contribution in [-0.2, 0) is 6.42 Å². The van der Waals surface area contributed by atoms with Gasteiger partial charge < -0.3 is 14.9 Å². The van der Waals surface area contributed by atoms with Gasteiger partial charge in [0.25, 0.3) is 0 Å². The van der Waals surface area contributed by atoms with Crippen molar-refractivity contribution in [2.45, 2.75) is 19.4 Å². The van der Waals surface area contributed by atoms with E-state index in [9.17, 15) is 0 Å². The van der Waals surface area contributed by atoms with E-state index in [1.54, 1.807) is 0 Å². The average Bonchev–Trinajstić information content (AvgIpc) is 2.95. The van der Waals surface area contributed by atoms with Crippen molar-refractivity contribution in [1.29, 1.82) is 0 Å². The summed E-state index contributed by atoms with van der Waals surface area (Å²) in [5.41, 5.74) is 8.46. The van der Waals surface area contributed by atoms with Gasteiger partial charge in [-0.3, -0.25) is 0 Å². The molecule has 0 fully saturated rings. The minimum absolute atomic E-state index is 0.289. The van der Waals surface area contributed by atoms with E-state index >= 15 is 0 Å². The number of fused-ring (bicyclic) bond motifs is 1. The molecule has 1 unspecified atom stereocenters. The lowest BCUT2D eigenvalue weighted by Gasteiger charge is -2.14. The topological polar surface area (TPSA) is 48.4 Å². The second kappa shape index (κ2) is 4.44. The van der Waals surface area contributed by atoms with Crippen molar-refractivity contribution in [3.8, 4) is 5.75 Å². The highest BCUT2D eigenvalue weighted by Gasteiger charge is 2.23. The minimum atomic E-state index is -0.289. The summed E-state index contributed by atoms with van der Waals surface area (Å²) in [5.74, 6) is 2.55. The van der Waals surface area contributed by atoms with Crippen LogP contribution in [0.3, 0.4) is 0 Å². The van der Waals surface area contributed by atoms with Gasteiger partial charge in [0, 0.05) is 16.5 Å². The highest BCUT2D eigenvalue weighted by molar-refractivity contribution is 9.10. The molecule has 18 heavy (non-hydrogen) atoms. The van der Waals surface area contributed by atoms with Gasteiger partial charge in [0.05, 0.1) is 12.6 Å². The summed E-state index contributed by atoms with van der Waals surface area (Å²) in [5, 5.41) is 0. The molecule has 2 heterocycles. The van der Waals surface area contributed by atoms with Crippen molar-refractivity contribution < 1.29 is 9.15 Å². The molecule has 0 aliphatic carbocycles. The van der Waals surface area contributed by atoms with Gasteiger partial charge in [0.2, 0.25) is 0 Å². The summed E-state index contributed by atoms with van der Waals surface area (Å²) in [4.78, 5) is 0. The van der Waals surface area contributed by atoms with Crippen molar-refractivity contribution >= 4 is 15.9 Å². The lowest BCUT2D eigenvalue weighted by Crippen LogP contribution is -2.12. The predicted molar refractivity (Wildman–Crippen MR) is 72.8 cm³/mol. The molecular weight excluding hydrogens is 294 g/mol. The highest BCUT2D eigenvalue weighted by Crippen LogP contribution is 2.37. The molecular formula is C14H14BrNO2. The van der Waals surface area contributed by atoms with Crippen molar-refractivity contribution in [3.05, 3.63) is 51.4 Å². The Kier molecular flexibility index (Phi) is 2.92. The maximum Gasteiger partial charge on any atom is 0.127 e. The van der Waals surface area contributed by atoms with E-state index in [4.69, 9.17) is 14.9 Å². The Labute approximate surface area is 114 Å². The molecule has 1 aliphatic heterocycles. The molecule has 0 spiro atoms. The molecule has 2 aromatic rings. The number of halogens is 1. The smallest absolute Gasteiger partial charge is 0.127 e. The standard InChI is InChI=1S/C14H14BrNO2/c1-8-2-3-12(18-8)13(16)11-7-10(15)6-9-4-5-17-14(9)11/h2-3,6-7,13H,4-5,16H2,1H3. The van der Waals surface area contributed by atoms with Crippen molar-refractivity contribution in [3.63, 3.8) is 0 Å². The van der Waals surface area contributed by atoms with Gasteiger partial charge in [0.15, 0.2) is 0 Å². The zero-order chi connectivity index (χ0) is 12.7. The number of furan rings is 1. The van der Waals surface area contributed by atoms with Crippen LogP contribution >= 0.6 is 15.9 Å². The summed E-state index contributed by atoms with van der Waals surface area (Å²) >= 11 is 3.52. The van der Waals surface area contributed by atoms with Gasteiger partial charge in [0.1, 0.15) is 17.3 Å². The molecule has 0 saturated carbocycles. The molecule has 1 aromatic heterocycles. The van der Waals surface area contributed by atoms with E-state index < -0.39 is 0 Å². The maximum absolute atomic E-state index is 6.28. The van der Waals surface area contributed by atoms with Crippen LogP contribution in [0.2, 0.25) is 0 Å².